The first-order chi connectivity index (χ1) is 11.4. The lowest BCUT2D eigenvalue weighted by atomic mass is 10.2. The highest BCUT2D eigenvalue weighted by Gasteiger charge is 2.03. The van der Waals surface area contributed by atoms with E-state index in [1.54, 1.807) is 18.2 Å². The van der Waals surface area contributed by atoms with Crippen LogP contribution in [0.4, 0.5) is 5.69 Å². The summed E-state index contributed by atoms with van der Waals surface area (Å²) in [5.74, 6) is -0.554. The Hall–Kier alpha value is -3.08. The molecule has 0 atom stereocenters. The van der Waals surface area contributed by atoms with Crippen molar-refractivity contribution in [1.82, 2.24) is 0 Å². The van der Waals surface area contributed by atoms with Crippen molar-refractivity contribution >= 4 is 23.6 Å². The fourth-order valence-corrected chi connectivity index (χ4v) is 2.02. The van der Waals surface area contributed by atoms with Gasteiger partial charge in [0.2, 0.25) is 5.91 Å². The molecule has 24 heavy (non-hydrogen) atoms. The Bertz CT molecular complexity index is 748. The molecule has 2 N–H and O–H groups in total. The van der Waals surface area contributed by atoms with Crippen molar-refractivity contribution < 1.29 is 19.4 Å². The van der Waals surface area contributed by atoms with Crippen LogP contribution >= 0.6 is 0 Å². The van der Waals surface area contributed by atoms with Crippen LogP contribution in [0.15, 0.2) is 54.6 Å². The van der Waals surface area contributed by atoms with Gasteiger partial charge in [0, 0.05) is 11.8 Å². The van der Waals surface area contributed by atoms with Crippen molar-refractivity contribution in [1.29, 1.82) is 0 Å². The van der Waals surface area contributed by atoms with Gasteiger partial charge in [-0.05, 0) is 61.9 Å². The van der Waals surface area contributed by atoms with E-state index in [2.05, 4.69) is 5.32 Å². The second-order valence-corrected chi connectivity index (χ2v) is 5.44. The van der Waals surface area contributed by atoms with Gasteiger partial charge in [0.15, 0.2) is 0 Å². The minimum atomic E-state index is -1.00. The average Bonchev–Trinajstić information content (AvgIpc) is 2.53. The van der Waals surface area contributed by atoms with Crippen LogP contribution in [0.5, 0.6) is 5.75 Å². The maximum Gasteiger partial charge on any atom is 0.335 e. The Balaban J connectivity index is 1.98. The van der Waals surface area contributed by atoms with Crippen LogP contribution in [-0.2, 0) is 4.79 Å². The number of ether oxygens (including phenoxy) is 1. The largest absolute Gasteiger partial charge is 0.491 e. The van der Waals surface area contributed by atoms with Crippen LogP contribution in [0.3, 0.4) is 0 Å². The van der Waals surface area contributed by atoms with E-state index in [0.717, 1.165) is 11.3 Å². The van der Waals surface area contributed by atoms with Crippen LogP contribution < -0.4 is 10.1 Å². The Morgan fingerprint density at radius 1 is 1.12 bits per heavy atom. The standard InChI is InChI=1S/C19H19NO4/c1-13(2)24-17-5-3-4-14(12-17)6-11-18(21)20-16-9-7-15(8-10-16)19(22)23/h3-13H,1-2H3,(H,20,21)(H,22,23)/b11-6+. The highest BCUT2D eigenvalue weighted by molar-refractivity contribution is 6.02. The smallest absolute Gasteiger partial charge is 0.335 e. The van der Waals surface area contributed by atoms with E-state index < -0.39 is 5.97 Å². The maximum absolute atomic E-state index is 11.9. The summed E-state index contributed by atoms with van der Waals surface area (Å²) >= 11 is 0. The average molecular weight is 325 g/mol. The van der Waals surface area contributed by atoms with Gasteiger partial charge >= 0.3 is 5.97 Å². The number of carbonyl (C=O) groups is 2. The van der Waals surface area contributed by atoms with Crippen molar-refractivity contribution in [2.45, 2.75) is 20.0 Å². The quantitative estimate of drug-likeness (QED) is 0.792. The van der Waals surface area contributed by atoms with Crippen LogP contribution in [0.2, 0.25) is 0 Å². The maximum atomic E-state index is 11.9. The monoisotopic (exact) mass is 325 g/mol. The number of carboxylic acids is 1. The van der Waals surface area contributed by atoms with Gasteiger partial charge < -0.3 is 15.2 Å². The fourth-order valence-electron chi connectivity index (χ4n) is 2.02. The Morgan fingerprint density at radius 3 is 2.46 bits per heavy atom. The van der Waals surface area contributed by atoms with E-state index in [-0.39, 0.29) is 17.6 Å². The van der Waals surface area contributed by atoms with E-state index in [1.807, 2.05) is 38.1 Å². The van der Waals surface area contributed by atoms with Gasteiger partial charge in [-0.15, -0.1) is 0 Å². The summed E-state index contributed by atoms with van der Waals surface area (Å²) < 4.78 is 5.61. The molecule has 5 nitrogen and oxygen atoms in total. The third-order valence-corrected chi connectivity index (χ3v) is 3.06. The zero-order chi connectivity index (χ0) is 17.5. The second-order valence-electron chi connectivity index (χ2n) is 5.44. The molecule has 0 radical (unpaired) electrons. The Labute approximate surface area is 140 Å². The van der Waals surface area contributed by atoms with Crippen molar-refractivity contribution in [2.24, 2.45) is 0 Å². The predicted molar refractivity (Wildman–Crippen MR) is 93.3 cm³/mol. The Morgan fingerprint density at radius 2 is 1.83 bits per heavy atom. The molecule has 0 aliphatic carbocycles. The van der Waals surface area contributed by atoms with Gasteiger partial charge in [-0.25, -0.2) is 4.79 Å². The number of rotatable bonds is 6. The molecule has 1 amide bonds. The molecule has 0 fully saturated rings. The lowest BCUT2D eigenvalue weighted by Gasteiger charge is -2.09. The molecule has 0 saturated carbocycles. The number of aromatic carboxylic acids is 1. The van der Waals surface area contributed by atoms with Gasteiger partial charge in [0.1, 0.15) is 5.75 Å². The molecule has 0 bridgehead atoms. The van der Waals surface area contributed by atoms with Gasteiger partial charge in [0.25, 0.3) is 0 Å². The Kier molecular flexibility index (Phi) is 5.73. The summed E-state index contributed by atoms with van der Waals surface area (Å²) in [5, 5.41) is 11.5. The topological polar surface area (TPSA) is 75.6 Å². The van der Waals surface area contributed by atoms with E-state index in [0.29, 0.717) is 5.69 Å². The molecule has 0 spiro atoms. The van der Waals surface area contributed by atoms with Crippen LogP contribution in [0.25, 0.3) is 6.08 Å². The van der Waals surface area contributed by atoms with E-state index in [9.17, 15) is 9.59 Å². The lowest BCUT2D eigenvalue weighted by molar-refractivity contribution is -0.111. The number of hydrogen-bond acceptors (Lipinski definition) is 3. The first-order valence-electron chi connectivity index (χ1n) is 7.53. The summed E-state index contributed by atoms with van der Waals surface area (Å²) in [5.41, 5.74) is 1.56. The first kappa shape index (κ1) is 17.3. The van der Waals surface area contributed by atoms with Gasteiger partial charge in [-0.3, -0.25) is 4.79 Å². The van der Waals surface area contributed by atoms with Crippen LogP contribution in [-0.4, -0.2) is 23.1 Å². The number of amides is 1. The molecular weight excluding hydrogens is 306 g/mol. The normalized spacial score (nSPS) is 10.8. The summed E-state index contributed by atoms with van der Waals surface area (Å²) in [7, 11) is 0. The van der Waals surface area contributed by atoms with Gasteiger partial charge in [-0.2, -0.15) is 0 Å². The molecule has 0 saturated heterocycles. The number of benzene rings is 2. The van der Waals surface area contributed by atoms with Gasteiger partial charge in [-0.1, -0.05) is 12.1 Å². The summed E-state index contributed by atoms with van der Waals surface area (Å²) in [4.78, 5) is 22.7. The minimum absolute atomic E-state index is 0.0845. The van der Waals surface area contributed by atoms with E-state index in [4.69, 9.17) is 9.84 Å². The van der Waals surface area contributed by atoms with E-state index >= 15 is 0 Å². The molecule has 0 unspecified atom stereocenters. The molecule has 0 aliphatic heterocycles. The molecule has 124 valence electrons. The highest BCUT2D eigenvalue weighted by Crippen LogP contribution is 2.16. The number of nitrogens with one attached hydrogen (secondary N) is 1. The van der Waals surface area contributed by atoms with Crippen LogP contribution in [0.1, 0.15) is 29.8 Å². The molecule has 0 heterocycles. The number of hydrogen-bond donors (Lipinski definition) is 2. The summed E-state index contributed by atoms with van der Waals surface area (Å²) in [6, 6.07) is 13.4. The molecule has 2 rings (SSSR count). The number of carboxylic acid groups (broad SMARTS) is 1. The van der Waals surface area contributed by atoms with Crippen molar-refractivity contribution in [3.8, 4) is 5.75 Å². The molecule has 0 aromatic heterocycles. The molecular formula is C19H19NO4. The molecule has 2 aromatic rings. The third kappa shape index (κ3) is 5.28. The zero-order valence-electron chi connectivity index (χ0n) is 13.5. The lowest BCUT2D eigenvalue weighted by Crippen LogP contribution is -2.08. The van der Waals surface area contributed by atoms with Crippen LogP contribution in [0, 0.1) is 0 Å². The molecule has 5 heteroatoms. The van der Waals surface area contributed by atoms with Crippen molar-refractivity contribution in [2.75, 3.05) is 5.32 Å². The highest BCUT2D eigenvalue weighted by atomic mass is 16.5. The van der Waals surface area contributed by atoms with Crippen molar-refractivity contribution in [3.05, 3.63) is 65.7 Å². The molecule has 0 aliphatic rings. The van der Waals surface area contributed by atoms with E-state index in [1.165, 1.54) is 18.2 Å². The summed E-state index contributed by atoms with van der Waals surface area (Å²) in [6.07, 6.45) is 3.19. The SMILES string of the molecule is CC(C)Oc1cccc(/C=C/C(=O)Nc2ccc(C(=O)O)cc2)c1. The van der Waals surface area contributed by atoms with Gasteiger partial charge in [0.05, 0.1) is 11.7 Å². The van der Waals surface area contributed by atoms with Crippen molar-refractivity contribution in [3.63, 3.8) is 0 Å². The zero-order valence-corrected chi connectivity index (χ0v) is 13.5. The second kappa shape index (κ2) is 7.97. The number of anilines is 1. The first-order valence-corrected chi connectivity index (χ1v) is 7.53. The third-order valence-electron chi connectivity index (χ3n) is 3.06. The molecule has 2 aromatic carbocycles. The minimum Gasteiger partial charge on any atom is -0.491 e. The summed E-state index contributed by atoms with van der Waals surface area (Å²) in [6.45, 7) is 3.90. The number of carbonyl (C=O) groups excluding carboxylic acids is 1. The fraction of sp³-hybridized carbons (Fsp3) is 0.158. The predicted octanol–water partition coefficient (Wildman–Crippen LogP) is 3.82.